The summed E-state index contributed by atoms with van der Waals surface area (Å²) in [6.07, 6.45) is 8.82. The monoisotopic (exact) mass is 466 g/mol. The van der Waals surface area contributed by atoms with Crippen LogP contribution in [0.3, 0.4) is 0 Å². The third-order valence-corrected chi connectivity index (χ3v) is 5.96. The van der Waals surface area contributed by atoms with Crippen LogP contribution in [0.1, 0.15) is 84.3 Å². The van der Waals surface area contributed by atoms with Crippen LogP contribution in [0.2, 0.25) is 0 Å². The van der Waals surface area contributed by atoms with Crippen molar-refractivity contribution in [3.05, 3.63) is 17.7 Å². The molecule has 0 spiro atoms. The van der Waals surface area contributed by atoms with E-state index in [1.807, 2.05) is 19.1 Å². The highest BCUT2D eigenvalue weighted by Gasteiger charge is 2.17. The second-order valence-electron chi connectivity index (χ2n) is 8.51. The molecular formula is C27H50N2O4. The molecule has 0 aliphatic heterocycles. The fourth-order valence-corrected chi connectivity index (χ4v) is 3.91. The van der Waals surface area contributed by atoms with Crippen molar-refractivity contribution in [3.63, 3.8) is 0 Å². The summed E-state index contributed by atoms with van der Waals surface area (Å²) in [4.78, 5) is 2.53. The SMILES string of the molecule is CCCCCCNCCCCN(CC)CCCOC(C)c1cc(OC)c(OC)c(OCC)c1. The van der Waals surface area contributed by atoms with E-state index in [2.05, 4.69) is 31.0 Å². The van der Waals surface area contributed by atoms with E-state index in [4.69, 9.17) is 18.9 Å². The van der Waals surface area contributed by atoms with Gasteiger partial charge in [-0.05, 0) is 83.4 Å². The molecule has 1 rings (SSSR count). The molecule has 0 radical (unpaired) electrons. The summed E-state index contributed by atoms with van der Waals surface area (Å²) in [6, 6.07) is 3.97. The number of methoxy groups -OCH3 is 2. The van der Waals surface area contributed by atoms with Gasteiger partial charge in [0.1, 0.15) is 0 Å². The molecule has 1 unspecified atom stereocenters. The van der Waals surface area contributed by atoms with E-state index >= 15 is 0 Å². The van der Waals surface area contributed by atoms with E-state index in [-0.39, 0.29) is 6.10 Å². The number of hydrogen-bond acceptors (Lipinski definition) is 6. The molecule has 0 saturated carbocycles. The molecule has 192 valence electrons. The summed E-state index contributed by atoms with van der Waals surface area (Å²) in [5.74, 6) is 1.99. The maximum absolute atomic E-state index is 6.14. The molecule has 1 atom stereocenters. The summed E-state index contributed by atoms with van der Waals surface area (Å²) in [6.45, 7) is 15.5. The predicted molar refractivity (Wildman–Crippen MR) is 138 cm³/mol. The lowest BCUT2D eigenvalue weighted by Gasteiger charge is -2.22. The van der Waals surface area contributed by atoms with E-state index < -0.39 is 0 Å². The third kappa shape index (κ3) is 12.0. The quantitative estimate of drug-likeness (QED) is 0.230. The Labute approximate surface area is 203 Å². The first-order valence-electron chi connectivity index (χ1n) is 13.0. The molecule has 0 aliphatic carbocycles. The molecule has 33 heavy (non-hydrogen) atoms. The van der Waals surface area contributed by atoms with Gasteiger partial charge in [-0.1, -0.05) is 33.1 Å². The smallest absolute Gasteiger partial charge is 0.203 e. The number of nitrogens with one attached hydrogen (secondary N) is 1. The Kier molecular flexibility index (Phi) is 16.9. The van der Waals surface area contributed by atoms with Crippen LogP contribution in [-0.4, -0.2) is 65.1 Å². The van der Waals surface area contributed by atoms with Gasteiger partial charge >= 0.3 is 0 Å². The predicted octanol–water partition coefficient (Wildman–Crippen LogP) is 5.84. The summed E-state index contributed by atoms with van der Waals surface area (Å²) in [7, 11) is 3.27. The normalized spacial score (nSPS) is 12.2. The van der Waals surface area contributed by atoms with Crippen LogP contribution in [0.5, 0.6) is 17.2 Å². The van der Waals surface area contributed by atoms with Gasteiger partial charge in [0.2, 0.25) is 5.75 Å². The van der Waals surface area contributed by atoms with Crippen molar-refractivity contribution in [2.45, 2.75) is 78.7 Å². The van der Waals surface area contributed by atoms with E-state index in [1.54, 1.807) is 14.2 Å². The Balaban J connectivity index is 2.31. The van der Waals surface area contributed by atoms with Crippen molar-refractivity contribution in [1.29, 1.82) is 0 Å². The minimum Gasteiger partial charge on any atom is -0.493 e. The average Bonchev–Trinajstić information content (AvgIpc) is 2.83. The van der Waals surface area contributed by atoms with Crippen LogP contribution in [0.4, 0.5) is 0 Å². The first-order chi connectivity index (χ1) is 16.1. The van der Waals surface area contributed by atoms with Crippen LogP contribution in [0.25, 0.3) is 0 Å². The van der Waals surface area contributed by atoms with Crippen molar-refractivity contribution >= 4 is 0 Å². The molecule has 6 heteroatoms. The van der Waals surface area contributed by atoms with Crippen LogP contribution in [0.15, 0.2) is 12.1 Å². The van der Waals surface area contributed by atoms with E-state index in [9.17, 15) is 0 Å². The molecule has 1 N–H and O–H groups in total. The van der Waals surface area contributed by atoms with Gasteiger partial charge < -0.3 is 29.2 Å². The van der Waals surface area contributed by atoms with Crippen molar-refractivity contribution < 1.29 is 18.9 Å². The lowest BCUT2D eigenvalue weighted by molar-refractivity contribution is 0.0580. The lowest BCUT2D eigenvalue weighted by Crippen LogP contribution is -2.27. The van der Waals surface area contributed by atoms with Gasteiger partial charge in [-0.15, -0.1) is 0 Å². The van der Waals surface area contributed by atoms with Crippen molar-refractivity contribution in [2.75, 3.05) is 60.2 Å². The molecule has 0 amide bonds. The molecule has 0 aliphatic rings. The number of benzene rings is 1. The number of rotatable bonds is 21. The topological polar surface area (TPSA) is 52.2 Å². The second kappa shape index (κ2) is 18.9. The van der Waals surface area contributed by atoms with Gasteiger partial charge in [0, 0.05) is 13.2 Å². The van der Waals surface area contributed by atoms with Gasteiger partial charge in [-0.2, -0.15) is 0 Å². The highest BCUT2D eigenvalue weighted by molar-refractivity contribution is 5.54. The molecule has 0 fully saturated rings. The highest BCUT2D eigenvalue weighted by Crippen LogP contribution is 2.40. The Morgan fingerprint density at radius 2 is 1.55 bits per heavy atom. The summed E-state index contributed by atoms with van der Waals surface area (Å²) >= 11 is 0. The standard InChI is InChI=1S/C27H50N2O4/c1-7-10-11-12-16-28-17-13-14-18-29(8-2)19-15-20-33-23(4)24-21-25(30-5)27(31-6)26(22-24)32-9-3/h21-23,28H,7-20H2,1-6H3. The second-order valence-corrected chi connectivity index (χ2v) is 8.51. The summed E-state index contributed by atoms with van der Waals surface area (Å²) in [5, 5.41) is 3.58. The van der Waals surface area contributed by atoms with Gasteiger partial charge in [0.15, 0.2) is 11.5 Å². The van der Waals surface area contributed by atoms with Gasteiger partial charge in [0.05, 0.1) is 26.9 Å². The van der Waals surface area contributed by atoms with Crippen LogP contribution in [-0.2, 0) is 4.74 Å². The van der Waals surface area contributed by atoms with Gasteiger partial charge in [-0.25, -0.2) is 0 Å². The Morgan fingerprint density at radius 1 is 0.848 bits per heavy atom. The minimum atomic E-state index is -0.0394. The van der Waals surface area contributed by atoms with Crippen LogP contribution >= 0.6 is 0 Å². The third-order valence-electron chi connectivity index (χ3n) is 5.96. The number of ether oxygens (including phenoxy) is 4. The molecule has 1 aromatic rings. The summed E-state index contributed by atoms with van der Waals surface area (Å²) in [5.41, 5.74) is 1.03. The van der Waals surface area contributed by atoms with Crippen molar-refractivity contribution in [3.8, 4) is 17.2 Å². The van der Waals surface area contributed by atoms with E-state index in [0.717, 1.165) is 44.8 Å². The molecule has 0 aromatic heterocycles. The van der Waals surface area contributed by atoms with Gasteiger partial charge in [-0.3, -0.25) is 0 Å². The van der Waals surface area contributed by atoms with E-state index in [0.29, 0.717) is 23.9 Å². The fraction of sp³-hybridized carbons (Fsp3) is 0.778. The molecule has 6 nitrogen and oxygen atoms in total. The first-order valence-corrected chi connectivity index (χ1v) is 13.0. The largest absolute Gasteiger partial charge is 0.493 e. The van der Waals surface area contributed by atoms with Crippen LogP contribution in [0, 0.1) is 0 Å². The zero-order chi connectivity index (χ0) is 24.3. The first kappa shape index (κ1) is 29.5. The summed E-state index contributed by atoms with van der Waals surface area (Å²) < 4.78 is 22.8. The molecular weight excluding hydrogens is 416 g/mol. The van der Waals surface area contributed by atoms with Crippen molar-refractivity contribution in [2.24, 2.45) is 0 Å². The fourth-order valence-electron chi connectivity index (χ4n) is 3.91. The number of hydrogen-bond donors (Lipinski definition) is 1. The van der Waals surface area contributed by atoms with E-state index in [1.165, 1.54) is 45.1 Å². The van der Waals surface area contributed by atoms with Crippen molar-refractivity contribution in [1.82, 2.24) is 10.2 Å². The molecule has 0 saturated heterocycles. The Bertz CT molecular complexity index is 612. The lowest BCUT2D eigenvalue weighted by atomic mass is 10.1. The Hall–Kier alpha value is -1.50. The zero-order valence-electron chi connectivity index (χ0n) is 22.2. The highest BCUT2D eigenvalue weighted by atomic mass is 16.5. The van der Waals surface area contributed by atoms with Gasteiger partial charge in [0.25, 0.3) is 0 Å². The Morgan fingerprint density at radius 3 is 2.18 bits per heavy atom. The number of unbranched alkanes of at least 4 members (excludes halogenated alkanes) is 4. The zero-order valence-corrected chi connectivity index (χ0v) is 22.2. The maximum atomic E-state index is 6.14. The molecule has 0 bridgehead atoms. The average molecular weight is 467 g/mol. The number of nitrogens with zero attached hydrogens (tertiary/aromatic N) is 1. The van der Waals surface area contributed by atoms with Crippen LogP contribution < -0.4 is 19.5 Å². The maximum Gasteiger partial charge on any atom is 0.203 e. The molecule has 1 aromatic carbocycles. The molecule has 0 heterocycles. The minimum absolute atomic E-state index is 0.0394.